The van der Waals surface area contributed by atoms with Crippen LogP contribution in [0.5, 0.6) is 0 Å². The summed E-state index contributed by atoms with van der Waals surface area (Å²) in [6.45, 7) is 2.71. The molecule has 0 radical (unpaired) electrons. The molecule has 3 rings (SSSR count). The smallest absolute Gasteiger partial charge is 0.138 e. The van der Waals surface area contributed by atoms with Crippen molar-refractivity contribution in [1.29, 1.82) is 0 Å². The minimum Gasteiger partial charge on any atom is -0.288 e. The van der Waals surface area contributed by atoms with Gasteiger partial charge in [0.1, 0.15) is 5.15 Å². The van der Waals surface area contributed by atoms with Gasteiger partial charge in [-0.1, -0.05) is 53.6 Å². The molecular weight excluding hydrogens is 280 g/mol. The minimum absolute atomic E-state index is 0.489. The Balaban J connectivity index is 1.87. The Morgan fingerprint density at radius 1 is 1.10 bits per heavy atom. The fraction of sp³-hybridized carbons (Fsp3) is 0.111. The van der Waals surface area contributed by atoms with Gasteiger partial charge in [0.25, 0.3) is 0 Å². The third-order valence-electron chi connectivity index (χ3n) is 3.30. The summed E-state index contributed by atoms with van der Waals surface area (Å²) < 4.78 is 0. The molecule has 0 unspecified atom stereocenters. The maximum absolute atomic E-state index is 6.22. The first kappa shape index (κ1) is 13.8. The number of fused-ring (bicyclic) bond motifs is 1. The lowest BCUT2D eigenvalue weighted by Gasteiger charge is -2.03. The van der Waals surface area contributed by atoms with E-state index >= 15 is 0 Å². The van der Waals surface area contributed by atoms with E-state index in [4.69, 9.17) is 11.6 Å². The highest BCUT2D eigenvalue weighted by molar-refractivity contribution is 6.32. The molecule has 0 saturated heterocycles. The van der Waals surface area contributed by atoms with Crippen LogP contribution in [0.15, 0.2) is 59.6 Å². The van der Waals surface area contributed by atoms with E-state index in [0.29, 0.717) is 11.7 Å². The van der Waals surface area contributed by atoms with Gasteiger partial charge in [-0.3, -0.25) is 4.99 Å². The van der Waals surface area contributed by atoms with Crippen molar-refractivity contribution >= 4 is 28.7 Å². The molecule has 3 aromatic rings. The molecule has 1 heterocycles. The van der Waals surface area contributed by atoms with Crippen molar-refractivity contribution in [3.8, 4) is 0 Å². The number of nitrogens with zero attached hydrogens (tertiary/aromatic N) is 2. The lowest BCUT2D eigenvalue weighted by molar-refractivity contribution is 1.08. The van der Waals surface area contributed by atoms with Crippen molar-refractivity contribution in [3.63, 3.8) is 0 Å². The third-order valence-corrected chi connectivity index (χ3v) is 3.60. The van der Waals surface area contributed by atoms with Crippen LogP contribution >= 0.6 is 11.6 Å². The van der Waals surface area contributed by atoms with Gasteiger partial charge < -0.3 is 0 Å². The molecule has 104 valence electrons. The van der Waals surface area contributed by atoms with Gasteiger partial charge in [0.15, 0.2) is 0 Å². The monoisotopic (exact) mass is 294 g/mol. The second-order valence-corrected chi connectivity index (χ2v) is 5.38. The summed E-state index contributed by atoms with van der Waals surface area (Å²) in [4.78, 5) is 8.87. The second-order valence-electron chi connectivity index (χ2n) is 5.02. The molecule has 0 amide bonds. The van der Waals surface area contributed by atoms with Crippen LogP contribution in [0, 0.1) is 6.92 Å². The Kier molecular flexibility index (Phi) is 3.98. The summed E-state index contributed by atoms with van der Waals surface area (Å²) in [5.41, 5.74) is 4.14. The zero-order chi connectivity index (χ0) is 14.7. The molecule has 0 N–H and O–H groups in total. The SMILES string of the molecule is Cc1ccc2nc(Cl)c(C=NCc3ccccc3)cc2c1. The van der Waals surface area contributed by atoms with E-state index in [-0.39, 0.29) is 0 Å². The van der Waals surface area contributed by atoms with E-state index < -0.39 is 0 Å². The van der Waals surface area contributed by atoms with Crippen LogP contribution in [0.1, 0.15) is 16.7 Å². The Labute approximate surface area is 129 Å². The maximum atomic E-state index is 6.22. The van der Waals surface area contributed by atoms with Crippen LogP contribution in [0.4, 0.5) is 0 Å². The number of pyridine rings is 1. The number of benzene rings is 2. The number of aryl methyl sites for hydroxylation is 1. The summed E-state index contributed by atoms with van der Waals surface area (Å²) in [5, 5.41) is 1.57. The predicted octanol–water partition coefficient (Wildman–Crippen LogP) is 4.82. The van der Waals surface area contributed by atoms with Crippen LogP contribution in [0.2, 0.25) is 5.15 Å². The standard InChI is InChI=1S/C18H15ClN2/c1-13-7-8-17-15(9-13)10-16(18(19)21-17)12-20-11-14-5-3-2-4-6-14/h2-10,12H,11H2,1H3. The highest BCUT2D eigenvalue weighted by atomic mass is 35.5. The van der Waals surface area contributed by atoms with Crippen LogP contribution in [-0.2, 0) is 6.54 Å². The largest absolute Gasteiger partial charge is 0.288 e. The van der Waals surface area contributed by atoms with E-state index in [2.05, 4.69) is 35.1 Å². The van der Waals surface area contributed by atoms with Crippen molar-refractivity contribution in [2.75, 3.05) is 0 Å². The molecule has 21 heavy (non-hydrogen) atoms. The average Bonchev–Trinajstić information content (AvgIpc) is 2.49. The van der Waals surface area contributed by atoms with Gasteiger partial charge in [-0.25, -0.2) is 4.98 Å². The normalized spacial score (nSPS) is 11.3. The first-order chi connectivity index (χ1) is 10.2. The molecule has 0 saturated carbocycles. The van der Waals surface area contributed by atoms with Gasteiger partial charge in [-0.15, -0.1) is 0 Å². The number of hydrogen-bond acceptors (Lipinski definition) is 2. The Hall–Kier alpha value is -2.19. The molecule has 2 nitrogen and oxygen atoms in total. The Bertz CT molecular complexity index is 795. The summed E-state index contributed by atoms with van der Waals surface area (Å²) in [6, 6.07) is 18.3. The molecule has 0 aliphatic heterocycles. The summed E-state index contributed by atoms with van der Waals surface area (Å²) in [6.07, 6.45) is 1.80. The number of aliphatic imine (C=N–C) groups is 1. The van der Waals surface area contributed by atoms with Crippen LogP contribution < -0.4 is 0 Å². The number of rotatable bonds is 3. The lowest BCUT2D eigenvalue weighted by Crippen LogP contribution is -1.90. The topological polar surface area (TPSA) is 25.2 Å². The van der Waals surface area contributed by atoms with Gasteiger partial charge >= 0.3 is 0 Å². The van der Waals surface area contributed by atoms with Gasteiger partial charge in [0, 0.05) is 17.2 Å². The average molecular weight is 295 g/mol. The number of aromatic nitrogens is 1. The van der Waals surface area contributed by atoms with Crippen LogP contribution in [0.3, 0.4) is 0 Å². The van der Waals surface area contributed by atoms with Gasteiger partial charge in [0.2, 0.25) is 0 Å². The van der Waals surface area contributed by atoms with E-state index in [1.807, 2.05) is 36.4 Å². The highest BCUT2D eigenvalue weighted by Gasteiger charge is 2.03. The van der Waals surface area contributed by atoms with Crippen molar-refractivity contribution < 1.29 is 0 Å². The first-order valence-corrected chi connectivity index (χ1v) is 7.21. The van der Waals surface area contributed by atoms with Crippen molar-refractivity contribution in [3.05, 3.63) is 76.4 Å². The summed E-state index contributed by atoms with van der Waals surface area (Å²) in [7, 11) is 0. The molecule has 2 aromatic carbocycles. The van der Waals surface area contributed by atoms with Gasteiger partial charge in [-0.2, -0.15) is 0 Å². The minimum atomic E-state index is 0.489. The van der Waals surface area contributed by atoms with Gasteiger partial charge in [-0.05, 0) is 30.7 Å². The Morgan fingerprint density at radius 2 is 1.90 bits per heavy atom. The van der Waals surface area contributed by atoms with Gasteiger partial charge in [0.05, 0.1) is 12.1 Å². The molecule has 0 aliphatic rings. The van der Waals surface area contributed by atoms with Crippen molar-refractivity contribution in [2.45, 2.75) is 13.5 Å². The summed E-state index contributed by atoms with van der Waals surface area (Å²) >= 11 is 6.22. The quantitative estimate of drug-likeness (QED) is 0.502. The molecule has 0 fully saturated rings. The molecule has 1 aromatic heterocycles. The lowest BCUT2D eigenvalue weighted by atomic mass is 10.1. The maximum Gasteiger partial charge on any atom is 0.138 e. The number of hydrogen-bond donors (Lipinski definition) is 0. The van der Waals surface area contributed by atoms with E-state index in [9.17, 15) is 0 Å². The fourth-order valence-electron chi connectivity index (χ4n) is 2.21. The zero-order valence-corrected chi connectivity index (χ0v) is 12.5. The Morgan fingerprint density at radius 3 is 2.71 bits per heavy atom. The van der Waals surface area contributed by atoms with Crippen LogP contribution in [0.25, 0.3) is 10.9 Å². The molecule has 0 spiro atoms. The molecule has 0 bridgehead atoms. The zero-order valence-electron chi connectivity index (χ0n) is 11.8. The predicted molar refractivity (Wildman–Crippen MR) is 89.2 cm³/mol. The van der Waals surface area contributed by atoms with E-state index in [0.717, 1.165) is 16.5 Å². The van der Waals surface area contributed by atoms with E-state index in [1.54, 1.807) is 6.21 Å². The second kappa shape index (κ2) is 6.06. The van der Waals surface area contributed by atoms with Crippen LogP contribution in [-0.4, -0.2) is 11.2 Å². The highest BCUT2D eigenvalue weighted by Crippen LogP contribution is 2.20. The first-order valence-electron chi connectivity index (χ1n) is 6.83. The summed E-state index contributed by atoms with van der Waals surface area (Å²) in [5.74, 6) is 0. The van der Waals surface area contributed by atoms with E-state index in [1.165, 1.54) is 11.1 Å². The molecule has 3 heteroatoms. The third kappa shape index (κ3) is 3.29. The molecular formula is C18H15ClN2. The molecule has 0 aliphatic carbocycles. The fourth-order valence-corrected chi connectivity index (χ4v) is 2.41. The van der Waals surface area contributed by atoms with Crippen molar-refractivity contribution in [1.82, 2.24) is 4.98 Å². The number of halogens is 1. The molecule has 0 atom stereocenters. The van der Waals surface area contributed by atoms with Crippen molar-refractivity contribution in [2.24, 2.45) is 4.99 Å².